The molecule has 1 aromatic carbocycles. The van der Waals surface area contributed by atoms with E-state index >= 15 is 0 Å². The van der Waals surface area contributed by atoms with Gasteiger partial charge < -0.3 is 5.32 Å². The van der Waals surface area contributed by atoms with Crippen molar-refractivity contribution < 1.29 is 13.3 Å². The number of nitro groups is 1. The Morgan fingerprint density at radius 1 is 1.43 bits per heavy atom. The summed E-state index contributed by atoms with van der Waals surface area (Å²) in [6, 6.07) is 3.74. The third-order valence-corrected chi connectivity index (χ3v) is 5.75. The summed E-state index contributed by atoms with van der Waals surface area (Å²) in [6.07, 6.45) is 3.26. The molecular formula is C13H19N3O4S. The second-order valence-electron chi connectivity index (χ2n) is 5.27. The van der Waals surface area contributed by atoms with E-state index in [1.165, 1.54) is 22.5 Å². The molecule has 0 aliphatic heterocycles. The minimum Gasteiger partial charge on any atom is -0.387 e. The molecule has 7 nitrogen and oxygen atoms in total. The molecule has 1 fully saturated rings. The van der Waals surface area contributed by atoms with Gasteiger partial charge in [-0.2, -0.15) is 0 Å². The van der Waals surface area contributed by atoms with Gasteiger partial charge in [0, 0.05) is 32.8 Å². The molecule has 0 amide bonds. The lowest BCUT2D eigenvalue weighted by Crippen LogP contribution is -2.34. The minimum atomic E-state index is -3.65. The first kappa shape index (κ1) is 15.7. The molecule has 0 heterocycles. The summed E-state index contributed by atoms with van der Waals surface area (Å²) in [5.74, 6) is 0.417. The van der Waals surface area contributed by atoms with Gasteiger partial charge in [-0.1, -0.05) is 6.42 Å². The molecule has 116 valence electrons. The summed E-state index contributed by atoms with van der Waals surface area (Å²) in [5, 5.41) is 13.5. The third kappa shape index (κ3) is 3.16. The zero-order valence-electron chi connectivity index (χ0n) is 12.1. The van der Waals surface area contributed by atoms with Crippen molar-refractivity contribution in [1.82, 2.24) is 4.31 Å². The van der Waals surface area contributed by atoms with Crippen LogP contribution in [-0.2, 0) is 10.0 Å². The van der Waals surface area contributed by atoms with Crippen molar-refractivity contribution in [1.29, 1.82) is 0 Å². The lowest BCUT2D eigenvalue weighted by Gasteiger charge is -2.30. The van der Waals surface area contributed by atoms with Gasteiger partial charge in [0.1, 0.15) is 4.90 Å². The smallest absolute Gasteiger partial charge is 0.271 e. The summed E-state index contributed by atoms with van der Waals surface area (Å²) in [5.41, 5.74) is 0.101. The van der Waals surface area contributed by atoms with Crippen LogP contribution in [0.25, 0.3) is 0 Å². The molecule has 2 rings (SSSR count). The highest BCUT2D eigenvalue weighted by Crippen LogP contribution is 2.31. The van der Waals surface area contributed by atoms with Crippen LogP contribution in [0.15, 0.2) is 23.1 Å². The number of nitrogens with one attached hydrogen (secondary N) is 1. The first-order chi connectivity index (χ1) is 9.86. The normalized spacial score (nSPS) is 15.8. The van der Waals surface area contributed by atoms with Crippen LogP contribution in [0.2, 0.25) is 0 Å². The number of non-ortho nitro benzene ring substituents is 1. The number of rotatable bonds is 6. The molecule has 0 radical (unpaired) electrons. The highest BCUT2D eigenvalue weighted by atomic mass is 32.2. The quantitative estimate of drug-likeness (QED) is 0.641. The Morgan fingerprint density at radius 3 is 2.57 bits per heavy atom. The highest BCUT2D eigenvalue weighted by Gasteiger charge is 2.29. The van der Waals surface area contributed by atoms with Gasteiger partial charge >= 0.3 is 0 Å². The Balaban J connectivity index is 2.31. The van der Waals surface area contributed by atoms with Crippen molar-refractivity contribution in [3.63, 3.8) is 0 Å². The van der Waals surface area contributed by atoms with Gasteiger partial charge in [0.05, 0.1) is 10.6 Å². The van der Waals surface area contributed by atoms with Gasteiger partial charge in [-0.15, -0.1) is 0 Å². The van der Waals surface area contributed by atoms with Gasteiger partial charge in [0.25, 0.3) is 5.69 Å². The highest BCUT2D eigenvalue weighted by molar-refractivity contribution is 7.89. The Bertz CT molecular complexity index is 641. The van der Waals surface area contributed by atoms with Crippen molar-refractivity contribution in [3.05, 3.63) is 28.3 Å². The molecule has 0 aromatic heterocycles. The largest absolute Gasteiger partial charge is 0.387 e. The van der Waals surface area contributed by atoms with Crippen molar-refractivity contribution in [3.8, 4) is 0 Å². The minimum absolute atomic E-state index is 0.0671. The summed E-state index contributed by atoms with van der Waals surface area (Å²) >= 11 is 0. The van der Waals surface area contributed by atoms with Crippen LogP contribution < -0.4 is 5.32 Å². The Kier molecular flexibility index (Phi) is 4.48. The first-order valence-electron chi connectivity index (χ1n) is 6.79. The molecule has 21 heavy (non-hydrogen) atoms. The number of anilines is 1. The second kappa shape index (κ2) is 5.98. The summed E-state index contributed by atoms with van der Waals surface area (Å²) in [6.45, 7) is 0.489. The lowest BCUT2D eigenvalue weighted by molar-refractivity contribution is -0.384. The van der Waals surface area contributed by atoms with Crippen LogP contribution >= 0.6 is 0 Å². The lowest BCUT2D eigenvalue weighted by atomic mass is 9.86. The van der Waals surface area contributed by atoms with Crippen LogP contribution in [0.3, 0.4) is 0 Å². The molecule has 1 aliphatic carbocycles. The monoisotopic (exact) mass is 313 g/mol. The van der Waals surface area contributed by atoms with Crippen LogP contribution in [0.1, 0.15) is 19.3 Å². The predicted octanol–water partition coefficient (Wildman–Crippen LogP) is 2.06. The topological polar surface area (TPSA) is 92.5 Å². The van der Waals surface area contributed by atoms with Crippen LogP contribution in [0.5, 0.6) is 0 Å². The van der Waals surface area contributed by atoms with E-state index in [-0.39, 0.29) is 16.3 Å². The van der Waals surface area contributed by atoms with E-state index in [1.807, 2.05) is 0 Å². The Labute approximate surface area is 124 Å². The standard InChI is InChI=1S/C13H19N3O4S/c1-14-12-8-11(16(17)18)6-7-13(12)21(19,20)15(2)9-10-4-3-5-10/h6-8,10,14H,3-5,9H2,1-2H3. The summed E-state index contributed by atoms with van der Waals surface area (Å²) in [4.78, 5) is 10.3. The fourth-order valence-corrected chi connectivity index (χ4v) is 3.78. The van der Waals surface area contributed by atoms with E-state index in [9.17, 15) is 18.5 Å². The van der Waals surface area contributed by atoms with Crippen LogP contribution in [0, 0.1) is 16.0 Å². The molecule has 0 atom stereocenters. The molecule has 1 aromatic rings. The van der Waals surface area contributed by atoms with Gasteiger partial charge in [0.2, 0.25) is 10.0 Å². The molecule has 0 saturated heterocycles. The van der Waals surface area contributed by atoms with Crippen molar-refractivity contribution in [2.24, 2.45) is 5.92 Å². The van der Waals surface area contributed by atoms with E-state index in [4.69, 9.17) is 0 Å². The fraction of sp³-hybridized carbons (Fsp3) is 0.538. The zero-order chi connectivity index (χ0) is 15.6. The molecule has 1 N–H and O–H groups in total. The van der Waals surface area contributed by atoms with E-state index in [1.54, 1.807) is 14.1 Å². The number of nitrogens with zero attached hydrogens (tertiary/aromatic N) is 2. The van der Waals surface area contributed by atoms with Gasteiger partial charge in [0.15, 0.2) is 0 Å². The third-order valence-electron chi connectivity index (χ3n) is 3.87. The molecular weight excluding hydrogens is 294 g/mol. The van der Waals surface area contributed by atoms with Crippen molar-refractivity contribution >= 4 is 21.4 Å². The number of sulfonamides is 1. The summed E-state index contributed by atoms with van der Waals surface area (Å²) in [7, 11) is -0.551. The maximum atomic E-state index is 12.6. The molecule has 8 heteroatoms. The molecule has 0 unspecified atom stereocenters. The van der Waals surface area contributed by atoms with Gasteiger partial charge in [-0.3, -0.25) is 10.1 Å². The zero-order valence-corrected chi connectivity index (χ0v) is 12.9. The predicted molar refractivity (Wildman–Crippen MR) is 79.8 cm³/mol. The maximum absolute atomic E-state index is 12.6. The van der Waals surface area contributed by atoms with Crippen molar-refractivity contribution in [2.75, 3.05) is 26.0 Å². The maximum Gasteiger partial charge on any atom is 0.271 e. The molecule has 0 spiro atoms. The first-order valence-corrected chi connectivity index (χ1v) is 8.23. The number of benzene rings is 1. The Hall–Kier alpha value is -1.67. The number of nitro benzene ring substituents is 1. The van der Waals surface area contributed by atoms with Crippen LogP contribution in [0.4, 0.5) is 11.4 Å². The second-order valence-corrected chi connectivity index (χ2v) is 7.28. The fourth-order valence-electron chi connectivity index (χ4n) is 2.36. The Morgan fingerprint density at radius 2 is 2.10 bits per heavy atom. The molecule has 1 aliphatic rings. The number of hydrogen-bond acceptors (Lipinski definition) is 5. The SMILES string of the molecule is CNc1cc([N+](=O)[O-])ccc1S(=O)(=O)N(C)CC1CCC1. The van der Waals surface area contributed by atoms with E-state index in [0.717, 1.165) is 19.3 Å². The van der Waals surface area contributed by atoms with Crippen molar-refractivity contribution in [2.45, 2.75) is 24.2 Å². The van der Waals surface area contributed by atoms with E-state index in [2.05, 4.69) is 5.32 Å². The van der Waals surface area contributed by atoms with E-state index in [0.29, 0.717) is 12.5 Å². The van der Waals surface area contributed by atoms with Crippen LogP contribution in [-0.4, -0.2) is 38.3 Å². The van der Waals surface area contributed by atoms with Gasteiger partial charge in [-0.05, 0) is 24.8 Å². The van der Waals surface area contributed by atoms with E-state index < -0.39 is 14.9 Å². The average molecular weight is 313 g/mol. The number of hydrogen-bond donors (Lipinski definition) is 1. The van der Waals surface area contributed by atoms with Gasteiger partial charge in [-0.25, -0.2) is 12.7 Å². The molecule has 0 bridgehead atoms. The summed E-state index contributed by atoms with van der Waals surface area (Å²) < 4.78 is 26.5. The molecule has 1 saturated carbocycles. The average Bonchev–Trinajstić information content (AvgIpc) is 2.41.